The van der Waals surface area contributed by atoms with E-state index in [9.17, 15) is 9.59 Å². The van der Waals surface area contributed by atoms with Crippen LogP contribution in [-0.4, -0.2) is 79.6 Å². The fourth-order valence-corrected chi connectivity index (χ4v) is 3.61. The number of nitrogens with one attached hydrogen (secondary N) is 1. The average molecular weight is 392 g/mol. The number of nitrogens with zero attached hydrogens (tertiary/aromatic N) is 3. The first-order valence-corrected chi connectivity index (χ1v) is 9.74. The predicted octanol–water partition coefficient (Wildman–Crippen LogP) is 1.23. The second kappa shape index (κ2) is 9.12. The van der Waals surface area contributed by atoms with E-state index in [0.29, 0.717) is 62.3 Å². The van der Waals surface area contributed by atoms with Crippen LogP contribution < -0.4 is 5.32 Å². The summed E-state index contributed by atoms with van der Waals surface area (Å²) in [6, 6.07) is 3.74. The van der Waals surface area contributed by atoms with Crippen molar-refractivity contribution in [3.8, 4) is 10.8 Å². The van der Waals surface area contributed by atoms with Gasteiger partial charge in [-0.3, -0.25) is 14.5 Å². The molecule has 0 radical (unpaired) electrons. The zero-order valence-electron chi connectivity index (χ0n) is 15.6. The normalized spacial score (nSPS) is 15.1. The third-order valence-electron chi connectivity index (χ3n) is 4.33. The number of rotatable bonds is 7. The van der Waals surface area contributed by atoms with Crippen molar-refractivity contribution >= 4 is 23.2 Å². The number of piperazine rings is 1. The number of carbonyl (C=O) groups excluding carboxylic acids is 2. The van der Waals surface area contributed by atoms with E-state index >= 15 is 0 Å². The summed E-state index contributed by atoms with van der Waals surface area (Å²) >= 11 is 1.40. The van der Waals surface area contributed by atoms with E-state index in [0.717, 1.165) is 5.76 Å². The number of amides is 2. The molecule has 0 atom stereocenters. The minimum absolute atomic E-state index is 0.0234. The van der Waals surface area contributed by atoms with Gasteiger partial charge in [0.2, 0.25) is 5.91 Å². The molecule has 0 spiro atoms. The zero-order valence-corrected chi connectivity index (χ0v) is 16.4. The topological polar surface area (TPSA) is 87.9 Å². The van der Waals surface area contributed by atoms with Crippen LogP contribution in [0.4, 0.5) is 0 Å². The molecular formula is C18H24N4O4S. The minimum Gasteiger partial charge on any atom is -0.459 e. The highest BCUT2D eigenvalue weighted by Gasteiger charge is 2.25. The van der Waals surface area contributed by atoms with E-state index in [1.54, 1.807) is 17.4 Å². The molecule has 3 rings (SSSR count). The number of hydrogen-bond acceptors (Lipinski definition) is 7. The lowest BCUT2D eigenvalue weighted by Gasteiger charge is -2.33. The van der Waals surface area contributed by atoms with Crippen molar-refractivity contribution in [2.24, 2.45) is 0 Å². The van der Waals surface area contributed by atoms with Crippen LogP contribution in [0, 0.1) is 6.92 Å². The summed E-state index contributed by atoms with van der Waals surface area (Å²) < 4.78 is 10.5. The van der Waals surface area contributed by atoms with Crippen molar-refractivity contribution in [2.45, 2.75) is 6.92 Å². The van der Waals surface area contributed by atoms with E-state index in [-0.39, 0.29) is 11.8 Å². The van der Waals surface area contributed by atoms with Crippen LogP contribution in [0.2, 0.25) is 0 Å². The van der Waals surface area contributed by atoms with Crippen molar-refractivity contribution in [1.82, 2.24) is 20.1 Å². The first-order chi connectivity index (χ1) is 13.1. The van der Waals surface area contributed by atoms with E-state index in [2.05, 4.69) is 10.3 Å². The number of hydrogen-bond donors (Lipinski definition) is 1. The molecule has 0 bridgehead atoms. The molecule has 0 unspecified atom stereocenters. The molecule has 0 aliphatic carbocycles. The molecule has 1 aliphatic rings. The smallest absolute Gasteiger partial charge is 0.273 e. The Balaban J connectivity index is 1.49. The summed E-state index contributed by atoms with van der Waals surface area (Å²) in [4.78, 5) is 32.8. The van der Waals surface area contributed by atoms with Gasteiger partial charge in [-0.15, -0.1) is 11.3 Å². The Kier molecular flexibility index (Phi) is 6.59. The number of ether oxygens (including phenoxy) is 1. The Bertz CT molecular complexity index is 780. The lowest BCUT2D eigenvalue weighted by atomic mass is 10.3. The van der Waals surface area contributed by atoms with Crippen LogP contribution in [0.3, 0.4) is 0 Å². The minimum atomic E-state index is -0.0787. The van der Waals surface area contributed by atoms with E-state index < -0.39 is 0 Å². The van der Waals surface area contributed by atoms with Gasteiger partial charge in [0.15, 0.2) is 10.8 Å². The monoisotopic (exact) mass is 392 g/mol. The van der Waals surface area contributed by atoms with Gasteiger partial charge in [0.05, 0.1) is 13.2 Å². The fourth-order valence-electron chi connectivity index (χ4n) is 2.86. The first-order valence-electron chi connectivity index (χ1n) is 8.86. The molecule has 1 N–H and O–H groups in total. The summed E-state index contributed by atoms with van der Waals surface area (Å²) in [6.07, 6.45) is 0. The highest BCUT2D eigenvalue weighted by molar-refractivity contribution is 7.13. The fraction of sp³-hybridized carbons (Fsp3) is 0.500. The lowest BCUT2D eigenvalue weighted by Crippen LogP contribution is -2.51. The molecule has 3 heterocycles. The molecule has 0 aromatic carbocycles. The number of thiazole rings is 1. The molecule has 9 heteroatoms. The lowest BCUT2D eigenvalue weighted by molar-refractivity contribution is -0.122. The maximum absolute atomic E-state index is 12.7. The van der Waals surface area contributed by atoms with Gasteiger partial charge < -0.3 is 19.4 Å². The van der Waals surface area contributed by atoms with Crippen LogP contribution in [0.25, 0.3) is 10.8 Å². The van der Waals surface area contributed by atoms with Crippen LogP contribution in [0.1, 0.15) is 16.2 Å². The van der Waals surface area contributed by atoms with Crippen molar-refractivity contribution in [3.05, 3.63) is 29.0 Å². The SMILES string of the molecule is COCCNC(=O)CN1CCN(C(=O)c2csc(-c3ccc(C)o3)n2)CC1. The van der Waals surface area contributed by atoms with Gasteiger partial charge in [-0.25, -0.2) is 4.98 Å². The maximum atomic E-state index is 12.7. The molecule has 2 aromatic heterocycles. The molecule has 2 aromatic rings. The van der Waals surface area contributed by atoms with Gasteiger partial charge >= 0.3 is 0 Å². The van der Waals surface area contributed by atoms with Crippen LogP contribution >= 0.6 is 11.3 Å². The van der Waals surface area contributed by atoms with Crippen molar-refractivity contribution in [2.75, 3.05) is 53.0 Å². The number of methoxy groups -OCH3 is 1. The third-order valence-corrected chi connectivity index (χ3v) is 5.19. The van der Waals surface area contributed by atoms with Gasteiger partial charge in [-0.05, 0) is 19.1 Å². The highest BCUT2D eigenvalue weighted by Crippen LogP contribution is 2.26. The van der Waals surface area contributed by atoms with Crippen molar-refractivity contribution in [1.29, 1.82) is 0 Å². The van der Waals surface area contributed by atoms with Crippen LogP contribution in [-0.2, 0) is 9.53 Å². The van der Waals surface area contributed by atoms with Gasteiger partial charge in [0.1, 0.15) is 11.5 Å². The molecule has 2 amide bonds. The Morgan fingerprint density at radius 3 is 2.74 bits per heavy atom. The number of furan rings is 1. The first kappa shape index (κ1) is 19.5. The zero-order chi connectivity index (χ0) is 19.2. The predicted molar refractivity (Wildman–Crippen MR) is 102 cm³/mol. The van der Waals surface area contributed by atoms with E-state index in [1.165, 1.54) is 11.3 Å². The maximum Gasteiger partial charge on any atom is 0.273 e. The summed E-state index contributed by atoms with van der Waals surface area (Å²) in [5.74, 6) is 1.39. The second-order valence-electron chi connectivity index (χ2n) is 6.36. The molecule has 146 valence electrons. The Morgan fingerprint density at radius 1 is 1.30 bits per heavy atom. The van der Waals surface area contributed by atoms with Gasteiger partial charge in [0, 0.05) is 45.2 Å². The summed E-state index contributed by atoms with van der Waals surface area (Å²) in [7, 11) is 1.60. The standard InChI is InChI=1S/C18H24N4O4S/c1-13-3-4-15(26-13)17-20-14(12-27-17)18(24)22-8-6-21(7-9-22)11-16(23)19-5-10-25-2/h3-4,12H,5-11H2,1-2H3,(H,19,23). The number of aryl methyl sites for hydroxylation is 1. The van der Waals surface area contributed by atoms with Crippen molar-refractivity contribution < 1.29 is 18.7 Å². The molecule has 1 aliphatic heterocycles. The van der Waals surface area contributed by atoms with Crippen LogP contribution in [0.5, 0.6) is 0 Å². The molecule has 1 fully saturated rings. The van der Waals surface area contributed by atoms with Gasteiger partial charge in [-0.2, -0.15) is 0 Å². The van der Waals surface area contributed by atoms with Crippen LogP contribution in [0.15, 0.2) is 21.9 Å². The van der Waals surface area contributed by atoms with Gasteiger partial charge in [0.25, 0.3) is 5.91 Å². The average Bonchev–Trinajstić information content (AvgIpc) is 3.31. The second-order valence-corrected chi connectivity index (χ2v) is 7.22. The molecule has 27 heavy (non-hydrogen) atoms. The Morgan fingerprint density at radius 2 is 2.07 bits per heavy atom. The van der Waals surface area contributed by atoms with E-state index in [1.807, 2.05) is 24.0 Å². The molecule has 8 nitrogen and oxygen atoms in total. The van der Waals surface area contributed by atoms with Gasteiger partial charge in [-0.1, -0.05) is 0 Å². The summed E-state index contributed by atoms with van der Waals surface area (Å²) in [5.41, 5.74) is 0.440. The quantitative estimate of drug-likeness (QED) is 0.713. The number of aromatic nitrogens is 1. The molecule has 1 saturated heterocycles. The number of carbonyl (C=O) groups is 2. The van der Waals surface area contributed by atoms with Crippen molar-refractivity contribution in [3.63, 3.8) is 0 Å². The summed E-state index contributed by atoms with van der Waals surface area (Å²) in [6.45, 7) is 5.71. The Labute approximate surface area is 162 Å². The summed E-state index contributed by atoms with van der Waals surface area (Å²) in [5, 5.41) is 5.28. The van der Waals surface area contributed by atoms with E-state index in [4.69, 9.17) is 9.15 Å². The Hall–Kier alpha value is -2.23. The third kappa shape index (κ3) is 5.15. The molecular weight excluding hydrogens is 368 g/mol. The largest absolute Gasteiger partial charge is 0.459 e. The highest BCUT2D eigenvalue weighted by atomic mass is 32.1. The molecule has 0 saturated carbocycles.